The smallest absolute Gasteiger partial charge is 0.250 e. The Balaban J connectivity index is 1.79. The van der Waals surface area contributed by atoms with E-state index in [0.29, 0.717) is 12.3 Å². The van der Waals surface area contributed by atoms with Crippen LogP contribution in [0.3, 0.4) is 0 Å². The van der Waals surface area contributed by atoms with Crippen molar-refractivity contribution in [2.75, 3.05) is 11.9 Å². The first-order valence-corrected chi connectivity index (χ1v) is 13.4. The molecule has 2 aliphatic rings. The van der Waals surface area contributed by atoms with Crippen molar-refractivity contribution in [1.82, 2.24) is 4.90 Å². The summed E-state index contributed by atoms with van der Waals surface area (Å²) in [7, 11) is 0. The Hall–Kier alpha value is -2.36. The number of carbonyl (C=O) groups is 2. The number of hydrogen-bond acceptors (Lipinski definition) is 2. The molecule has 0 bridgehead atoms. The molecule has 192 valence electrons. The van der Waals surface area contributed by atoms with Crippen molar-refractivity contribution in [1.29, 1.82) is 0 Å². The minimum atomic E-state index is 0.0282. The molecule has 35 heavy (non-hydrogen) atoms. The molecule has 2 amide bonds. The van der Waals surface area contributed by atoms with Crippen molar-refractivity contribution in [3.8, 4) is 0 Å². The Morgan fingerprint density at radius 3 is 2.46 bits per heavy atom. The Kier molecular flexibility index (Phi) is 8.34. The van der Waals surface area contributed by atoms with Crippen LogP contribution in [-0.2, 0) is 15.0 Å². The average Bonchev–Trinajstić information content (AvgIpc) is 2.75. The fourth-order valence-corrected chi connectivity index (χ4v) is 5.41. The number of benzene rings is 1. The Labute approximate surface area is 213 Å². The van der Waals surface area contributed by atoms with Crippen molar-refractivity contribution in [2.45, 2.75) is 92.5 Å². The molecular formula is C31H46N2O2. The lowest BCUT2D eigenvalue weighted by atomic mass is 9.76. The van der Waals surface area contributed by atoms with E-state index in [-0.39, 0.29) is 40.5 Å². The molecule has 4 heteroatoms. The zero-order valence-electron chi connectivity index (χ0n) is 23.2. The zero-order chi connectivity index (χ0) is 26.0. The number of allylic oxidation sites excluding steroid dienone is 3. The molecule has 3 rings (SSSR count). The monoisotopic (exact) mass is 478 g/mol. The van der Waals surface area contributed by atoms with Gasteiger partial charge in [-0.25, -0.2) is 0 Å². The molecule has 4 atom stereocenters. The molecule has 1 aromatic rings. The maximum absolute atomic E-state index is 13.8. The molecule has 0 radical (unpaired) electrons. The van der Waals surface area contributed by atoms with E-state index < -0.39 is 0 Å². The van der Waals surface area contributed by atoms with Gasteiger partial charge in [0.25, 0.3) is 0 Å². The van der Waals surface area contributed by atoms with Crippen LogP contribution in [0.2, 0.25) is 0 Å². The van der Waals surface area contributed by atoms with Crippen molar-refractivity contribution in [2.24, 2.45) is 23.2 Å². The molecule has 0 spiro atoms. The van der Waals surface area contributed by atoms with E-state index >= 15 is 0 Å². The second kappa shape index (κ2) is 10.7. The van der Waals surface area contributed by atoms with Crippen molar-refractivity contribution < 1.29 is 9.59 Å². The summed E-state index contributed by atoms with van der Waals surface area (Å²) in [6, 6.07) is 8.22. The maximum atomic E-state index is 13.8. The Morgan fingerprint density at radius 1 is 1.09 bits per heavy atom. The Bertz CT molecular complexity index is 976. The van der Waals surface area contributed by atoms with Crippen molar-refractivity contribution >= 4 is 17.5 Å². The lowest BCUT2D eigenvalue weighted by Gasteiger charge is -2.45. The number of hydrogen-bond donors (Lipinski definition) is 1. The summed E-state index contributed by atoms with van der Waals surface area (Å²) >= 11 is 0. The summed E-state index contributed by atoms with van der Waals surface area (Å²) in [5.41, 5.74) is 3.05. The predicted molar refractivity (Wildman–Crippen MR) is 146 cm³/mol. The largest absolute Gasteiger partial charge is 0.336 e. The summed E-state index contributed by atoms with van der Waals surface area (Å²) in [5.74, 6) is 0.920. The van der Waals surface area contributed by atoms with Crippen LogP contribution in [0.4, 0.5) is 5.69 Å². The normalized spacial score (nSPS) is 25.3. The molecule has 1 fully saturated rings. The van der Waals surface area contributed by atoms with Crippen LogP contribution in [-0.4, -0.2) is 29.3 Å². The molecular weight excluding hydrogens is 432 g/mol. The van der Waals surface area contributed by atoms with Crippen LogP contribution in [0.25, 0.3) is 0 Å². The fourth-order valence-electron chi connectivity index (χ4n) is 5.41. The third-order valence-electron chi connectivity index (χ3n) is 7.68. The molecule has 1 aliphatic heterocycles. The van der Waals surface area contributed by atoms with Crippen LogP contribution in [0.1, 0.15) is 86.6 Å². The van der Waals surface area contributed by atoms with E-state index in [1.165, 1.54) is 5.56 Å². The number of rotatable bonds is 5. The first-order chi connectivity index (χ1) is 16.3. The number of carbonyl (C=O) groups excluding carboxylic acids is 2. The fraction of sp³-hybridized carbons (Fsp3) is 0.613. The molecule has 0 aromatic heterocycles. The van der Waals surface area contributed by atoms with Gasteiger partial charge in [0.15, 0.2) is 0 Å². The van der Waals surface area contributed by atoms with Gasteiger partial charge in [-0.3, -0.25) is 9.59 Å². The van der Waals surface area contributed by atoms with Gasteiger partial charge >= 0.3 is 0 Å². The van der Waals surface area contributed by atoms with E-state index in [4.69, 9.17) is 0 Å². The van der Waals surface area contributed by atoms with Crippen LogP contribution in [0, 0.1) is 23.2 Å². The van der Waals surface area contributed by atoms with Gasteiger partial charge in [0.05, 0.1) is 0 Å². The van der Waals surface area contributed by atoms with E-state index in [1.807, 2.05) is 24.3 Å². The van der Waals surface area contributed by atoms with Crippen molar-refractivity contribution in [3.05, 3.63) is 53.6 Å². The Morgan fingerprint density at radius 2 is 1.80 bits per heavy atom. The highest BCUT2D eigenvalue weighted by molar-refractivity contribution is 5.95. The number of piperidine rings is 1. The highest BCUT2D eigenvalue weighted by Crippen LogP contribution is 2.37. The summed E-state index contributed by atoms with van der Waals surface area (Å²) in [6.45, 7) is 18.3. The summed E-state index contributed by atoms with van der Waals surface area (Å²) in [4.78, 5) is 29.1. The van der Waals surface area contributed by atoms with Gasteiger partial charge in [-0.05, 0) is 65.5 Å². The molecule has 1 saturated heterocycles. The summed E-state index contributed by atoms with van der Waals surface area (Å²) in [6.07, 6.45) is 9.45. The van der Waals surface area contributed by atoms with Gasteiger partial charge in [-0.1, -0.05) is 85.8 Å². The molecule has 2 unspecified atom stereocenters. The molecule has 1 aliphatic carbocycles. The highest BCUT2D eigenvalue weighted by Gasteiger charge is 2.39. The van der Waals surface area contributed by atoms with E-state index in [1.54, 1.807) is 0 Å². The van der Waals surface area contributed by atoms with E-state index in [2.05, 4.69) is 83.8 Å². The highest BCUT2D eigenvalue weighted by atomic mass is 16.2. The molecule has 1 N–H and O–H groups in total. The topological polar surface area (TPSA) is 49.4 Å². The summed E-state index contributed by atoms with van der Waals surface area (Å²) < 4.78 is 0. The van der Waals surface area contributed by atoms with Gasteiger partial charge in [-0.15, -0.1) is 0 Å². The summed E-state index contributed by atoms with van der Waals surface area (Å²) in [5, 5.41) is 3.14. The number of anilines is 1. The lowest BCUT2D eigenvalue weighted by Crippen LogP contribution is -2.51. The minimum Gasteiger partial charge on any atom is -0.336 e. The zero-order valence-corrected chi connectivity index (χ0v) is 23.2. The average molecular weight is 479 g/mol. The SMILES string of the molecule is CC1C=CC=C(C(=O)N2CCC[C@H](CC(=O)Nc3cccc(C(C)(C)C)c3)[C@@H]2CC(C)(C)C)C1C. The van der Waals surface area contributed by atoms with Crippen LogP contribution in [0.15, 0.2) is 48.1 Å². The maximum Gasteiger partial charge on any atom is 0.250 e. The van der Waals surface area contributed by atoms with Crippen LogP contribution >= 0.6 is 0 Å². The van der Waals surface area contributed by atoms with E-state index in [9.17, 15) is 9.59 Å². The first kappa shape index (κ1) is 27.2. The molecule has 1 aromatic carbocycles. The van der Waals surface area contributed by atoms with Gasteiger partial charge in [0.1, 0.15) is 0 Å². The third-order valence-corrected chi connectivity index (χ3v) is 7.68. The number of nitrogens with one attached hydrogen (secondary N) is 1. The lowest BCUT2D eigenvalue weighted by molar-refractivity contribution is -0.135. The second-order valence-electron chi connectivity index (χ2n) is 13.0. The quantitative estimate of drug-likeness (QED) is 0.489. The third kappa shape index (κ3) is 7.08. The van der Waals surface area contributed by atoms with Gasteiger partial charge in [-0.2, -0.15) is 0 Å². The second-order valence-corrected chi connectivity index (χ2v) is 13.0. The van der Waals surface area contributed by atoms with Crippen molar-refractivity contribution in [3.63, 3.8) is 0 Å². The number of amides is 2. The standard InChI is InChI=1S/C31H46N2O2/c1-21-12-9-16-26(22(21)2)29(35)33-17-11-13-23(27(33)20-30(3,4)5)18-28(34)32-25-15-10-14-24(19-25)31(6,7)8/h9-10,12,14-16,19,21-23,27H,11,13,17-18,20H2,1-8H3,(H,32,34)/t21?,22?,23-,27+/m1/s1. The first-order valence-electron chi connectivity index (χ1n) is 13.4. The molecule has 1 heterocycles. The molecule has 0 saturated carbocycles. The van der Waals surface area contributed by atoms with E-state index in [0.717, 1.165) is 37.1 Å². The number of nitrogens with zero attached hydrogens (tertiary/aromatic N) is 1. The van der Waals surface area contributed by atoms with Crippen LogP contribution in [0.5, 0.6) is 0 Å². The molecule has 4 nitrogen and oxygen atoms in total. The van der Waals surface area contributed by atoms with Gasteiger partial charge in [0.2, 0.25) is 11.8 Å². The van der Waals surface area contributed by atoms with Gasteiger partial charge in [0, 0.05) is 30.3 Å². The number of likely N-dealkylation sites (tertiary alicyclic amines) is 1. The predicted octanol–water partition coefficient (Wildman–Crippen LogP) is 7.12. The minimum absolute atomic E-state index is 0.0282. The van der Waals surface area contributed by atoms with Crippen LogP contribution < -0.4 is 5.32 Å². The van der Waals surface area contributed by atoms with Gasteiger partial charge < -0.3 is 10.2 Å².